The van der Waals surface area contributed by atoms with Crippen LogP contribution in [0, 0.1) is 5.92 Å². The minimum Gasteiger partial charge on any atom is -0.255 e. The Labute approximate surface area is 231 Å². The highest BCUT2D eigenvalue weighted by Gasteiger charge is 2.24. The molecule has 0 amide bonds. The zero-order valence-electron chi connectivity index (χ0n) is 24.0. The number of unbranched alkanes of at least 4 members (excludes halogenated alkanes) is 8. The maximum Gasteiger partial charge on any atom is 0.160 e. The zero-order chi connectivity index (χ0) is 26.4. The monoisotopic (exact) mass is 511 g/mol. The van der Waals surface area contributed by atoms with Gasteiger partial charge in [0.2, 0.25) is 0 Å². The van der Waals surface area contributed by atoms with Gasteiger partial charge in [0, 0.05) is 29.7 Å². The van der Waals surface area contributed by atoms with Crippen molar-refractivity contribution in [1.82, 2.24) is 15.0 Å². The number of hydrogen-bond donors (Lipinski definition) is 0. The fourth-order valence-corrected chi connectivity index (χ4v) is 6.14. The smallest absolute Gasteiger partial charge is 0.160 e. The van der Waals surface area contributed by atoms with Crippen LogP contribution >= 0.6 is 0 Å². The van der Waals surface area contributed by atoms with Crippen molar-refractivity contribution in [1.29, 1.82) is 0 Å². The quantitative estimate of drug-likeness (QED) is 0.190. The highest BCUT2D eigenvalue weighted by atomic mass is 14.9. The van der Waals surface area contributed by atoms with E-state index in [9.17, 15) is 0 Å². The molecular formula is C35H49N3. The van der Waals surface area contributed by atoms with Crippen molar-refractivity contribution in [3.63, 3.8) is 0 Å². The van der Waals surface area contributed by atoms with Gasteiger partial charge in [-0.3, -0.25) is 4.98 Å². The minimum atomic E-state index is 0.655. The molecule has 2 aromatic heterocycles. The van der Waals surface area contributed by atoms with Gasteiger partial charge in [0.15, 0.2) is 5.82 Å². The van der Waals surface area contributed by atoms with Crippen LogP contribution in [0.3, 0.4) is 0 Å². The standard InChI is InChI=1S/C35H49N3/c1-3-5-7-8-9-10-12-16-29-25-37-35(38-26-29)31-23-24-34(36-27-31)33-18-14-13-17-32(33)30-21-19-28(20-22-30)15-11-6-4-2/h13-14,17-18,23-28,30H,3-12,15-16,19-22H2,1-2H3. The molecule has 4 rings (SSSR count). The number of benzene rings is 1. The van der Waals surface area contributed by atoms with Crippen molar-refractivity contribution in [2.24, 2.45) is 5.92 Å². The van der Waals surface area contributed by atoms with E-state index in [4.69, 9.17) is 4.98 Å². The molecule has 1 aliphatic rings. The Morgan fingerprint density at radius 2 is 1.34 bits per heavy atom. The average Bonchev–Trinajstić information content (AvgIpc) is 2.98. The van der Waals surface area contributed by atoms with Gasteiger partial charge < -0.3 is 0 Å². The predicted molar refractivity (Wildman–Crippen MR) is 161 cm³/mol. The van der Waals surface area contributed by atoms with Crippen LogP contribution in [0.15, 0.2) is 55.0 Å². The fourth-order valence-electron chi connectivity index (χ4n) is 6.14. The second-order valence-electron chi connectivity index (χ2n) is 11.5. The van der Waals surface area contributed by atoms with E-state index in [0.29, 0.717) is 5.92 Å². The molecule has 0 bridgehead atoms. The van der Waals surface area contributed by atoms with Gasteiger partial charge in [0.25, 0.3) is 0 Å². The molecular weight excluding hydrogens is 462 g/mol. The van der Waals surface area contributed by atoms with E-state index >= 15 is 0 Å². The normalized spacial score (nSPS) is 17.5. The molecule has 1 fully saturated rings. The van der Waals surface area contributed by atoms with Gasteiger partial charge >= 0.3 is 0 Å². The lowest BCUT2D eigenvalue weighted by Gasteiger charge is -2.30. The van der Waals surface area contributed by atoms with Crippen LogP contribution in [-0.2, 0) is 6.42 Å². The van der Waals surface area contributed by atoms with Gasteiger partial charge in [-0.15, -0.1) is 0 Å². The summed E-state index contributed by atoms with van der Waals surface area (Å²) in [5.41, 5.74) is 6.05. The summed E-state index contributed by atoms with van der Waals surface area (Å²) in [6, 6.07) is 13.2. The van der Waals surface area contributed by atoms with Crippen molar-refractivity contribution in [3.8, 4) is 22.6 Å². The van der Waals surface area contributed by atoms with Gasteiger partial charge in [0.05, 0.1) is 5.69 Å². The third-order valence-electron chi connectivity index (χ3n) is 8.54. The summed E-state index contributed by atoms with van der Waals surface area (Å²) < 4.78 is 0. The lowest BCUT2D eigenvalue weighted by atomic mass is 9.75. The number of pyridine rings is 1. The summed E-state index contributed by atoms with van der Waals surface area (Å²) >= 11 is 0. The molecule has 1 aliphatic carbocycles. The maximum atomic E-state index is 4.88. The first-order chi connectivity index (χ1) is 18.8. The first-order valence-corrected chi connectivity index (χ1v) is 15.6. The lowest BCUT2D eigenvalue weighted by Crippen LogP contribution is -2.14. The molecule has 0 N–H and O–H groups in total. The first kappa shape index (κ1) is 28.5. The molecule has 2 heterocycles. The molecule has 3 nitrogen and oxygen atoms in total. The van der Waals surface area contributed by atoms with Crippen LogP contribution < -0.4 is 0 Å². The second kappa shape index (κ2) is 15.8. The Bertz CT molecular complexity index is 1050. The van der Waals surface area contributed by atoms with Crippen LogP contribution in [0.5, 0.6) is 0 Å². The summed E-state index contributed by atoms with van der Waals surface area (Å²) in [6.45, 7) is 4.57. The summed E-state index contributed by atoms with van der Waals surface area (Å²) in [5.74, 6) is 2.36. The first-order valence-electron chi connectivity index (χ1n) is 15.6. The summed E-state index contributed by atoms with van der Waals surface area (Å²) in [7, 11) is 0. The Morgan fingerprint density at radius 3 is 2.05 bits per heavy atom. The molecule has 1 aromatic carbocycles. The minimum absolute atomic E-state index is 0.655. The number of nitrogens with zero attached hydrogens (tertiary/aromatic N) is 3. The number of aromatic nitrogens is 3. The van der Waals surface area contributed by atoms with Crippen LogP contribution in [0.25, 0.3) is 22.6 Å². The second-order valence-corrected chi connectivity index (χ2v) is 11.5. The maximum absolute atomic E-state index is 4.88. The van der Waals surface area contributed by atoms with Crippen molar-refractivity contribution >= 4 is 0 Å². The van der Waals surface area contributed by atoms with Crippen LogP contribution in [-0.4, -0.2) is 15.0 Å². The van der Waals surface area contributed by atoms with Crippen molar-refractivity contribution < 1.29 is 0 Å². The van der Waals surface area contributed by atoms with Crippen LogP contribution in [0.1, 0.15) is 127 Å². The molecule has 38 heavy (non-hydrogen) atoms. The molecule has 0 aliphatic heterocycles. The molecule has 0 atom stereocenters. The van der Waals surface area contributed by atoms with Crippen LogP contribution in [0.2, 0.25) is 0 Å². The Kier molecular flexibility index (Phi) is 11.8. The topological polar surface area (TPSA) is 38.7 Å². The van der Waals surface area contributed by atoms with E-state index < -0.39 is 0 Å². The average molecular weight is 512 g/mol. The molecule has 0 radical (unpaired) electrons. The van der Waals surface area contributed by atoms with E-state index in [1.807, 2.05) is 18.6 Å². The van der Waals surface area contributed by atoms with Gasteiger partial charge in [-0.05, 0) is 73.6 Å². The molecule has 3 heteroatoms. The summed E-state index contributed by atoms with van der Waals surface area (Å²) in [6.07, 6.45) is 27.3. The number of rotatable bonds is 15. The summed E-state index contributed by atoms with van der Waals surface area (Å²) in [4.78, 5) is 14.2. The molecule has 3 aromatic rings. The number of hydrogen-bond acceptors (Lipinski definition) is 3. The third kappa shape index (κ3) is 8.48. The van der Waals surface area contributed by atoms with E-state index in [2.05, 4.69) is 60.2 Å². The third-order valence-corrected chi connectivity index (χ3v) is 8.54. The van der Waals surface area contributed by atoms with Gasteiger partial charge in [-0.2, -0.15) is 0 Å². The van der Waals surface area contributed by atoms with Crippen LogP contribution in [0.4, 0.5) is 0 Å². The van der Waals surface area contributed by atoms with Crippen molar-refractivity contribution in [3.05, 3.63) is 66.1 Å². The molecule has 204 valence electrons. The summed E-state index contributed by atoms with van der Waals surface area (Å²) in [5, 5.41) is 0. The number of aryl methyl sites for hydroxylation is 1. The van der Waals surface area contributed by atoms with E-state index in [-0.39, 0.29) is 0 Å². The zero-order valence-corrected chi connectivity index (χ0v) is 24.0. The Balaban J connectivity index is 1.32. The largest absolute Gasteiger partial charge is 0.255 e. The van der Waals surface area contributed by atoms with Gasteiger partial charge in [-0.25, -0.2) is 9.97 Å². The Hall–Kier alpha value is -2.55. The van der Waals surface area contributed by atoms with E-state index in [1.165, 1.54) is 113 Å². The fraction of sp³-hybridized carbons (Fsp3) is 0.571. The van der Waals surface area contributed by atoms with Crippen molar-refractivity contribution in [2.75, 3.05) is 0 Å². The molecule has 0 saturated heterocycles. The lowest BCUT2D eigenvalue weighted by molar-refractivity contribution is 0.303. The molecule has 0 unspecified atom stereocenters. The molecule has 0 spiro atoms. The predicted octanol–water partition coefficient (Wildman–Crippen LogP) is 10.4. The highest BCUT2D eigenvalue weighted by Crippen LogP contribution is 2.41. The SMILES string of the molecule is CCCCCCCCCc1cnc(-c2ccc(-c3ccccc3C3CCC(CCCCC)CC3)nc2)nc1. The molecule has 1 saturated carbocycles. The highest BCUT2D eigenvalue weighted by molar-refractivity contribution is 5.67. The van der Waals surface area contributed by atoms with E-state index in [0.717, 1.165) is 29.4 Å². The Morgan fingerprint density at radius 1 is 0.658 bits per heavy atom. The van der Waals surface area contributed by atoms with E-state index in [1.54, 1.807) is 0 Å². The van der Waals surface area contributed by atoms with Gasteiger partial charge in [-0.1, -0.05) is 102 Å². The van der Waals surface area contributed by atoms with Crippen molar-refractivity contribution in [2.45, 2.75) is 122 Å². The van der Waals surface area contributed by atoms with Gasteiger partial charge in [0.1, 0.15) is 0 Å².